The topological polar surface area (TPSA) is 504 Å². The van der Waals surface area contributed by atoms with Crippen molar-refractivity contribution in [3.05, 3.63) is 64.9 Å². The first-order valence-corrected chi connectivity index (χ1v) is 44.9. The van der Waals surface area contributed by atoms with Crippen LogP contribution in [0.15, 0.2) is 64.2 Å². The molecule has 26 nitrogen and oxygen atoms in total. The second-order valence-corrected chi connectivity index (χ2v) is 31.4. The number of nitrogens with one attached hydrogen (secondary N) is 1. The van der Waals surface area contributed by atoms with Crippen molar-refractivity contribution < 1.29 is 196 Å². The molecule has 0 bridgehead atoms. The van der Waals surface area contributed by atoms with E-state index in [-0.39, 0.29) is 228 Å². The van der Waals surface area contributed by atoms with E-state index >= 15 is 0 Å². The van der Waals surface area contributed by atoms with Crippen molar-refractivity contribution in [2.45, 2.75) is 215 Å². The van der Waals surface area contributed by atoms with E-state index in [9.17, 15) is 61.2 Å². The van der Waals surface area contributed by atoms with Crippen LogP contribution >= 0.6 is 96.4 Å². The molecule has 608 valence electrons. The van der Waals surface area contributed by atoms with E-state index in [0.717, 1.165) is 94.8 Å². The van der Waals surface area contributed by atoms with Gasteiger partial charge in [-0.2, -0.15) is 32.8 Å². The van der Waals surface area contributed by atoms with Crippen molar-refractivity contribution in [1.82, 2.24) is 5.32 Å². The molecule has 0 heterocycles. The Kier molecular flexibility index (Phi) is 79.2. The van der Waals surface area contributed by atoms with Crippen LogP contribution in [-0.4, -0.2) is 165 Å². The molecule has 16 N–H and O–H groups in total. The van der Waals surface area contributed by atoms with Gasteiger partial charge in [0.25, 0.3) is 10.1 Å². The van der Waals surface area contributed by atoms with Gasteiger partial charge >= 0.3 is 119 Å². The number of carboxylic acids is 3. The Morgan fingerprint density at radius 1 is 0.630 bits per heavy atom. The van der Waals surface area contributed by atoms with Crippen molar-refractivity contribution >= 4 is 172 Å². The van der Waals surface area contributed by atoms with E-state index in [0.29, 0.717) is 54.8 Å². The molecular formula is C71H117Cl3I2N4Na3O22S3+. The fourth-order valence-corrected chi connectivity index (χ4v) is 11.3. The summed E-state index contributed by atoms with van der Waals surface area (Å²) in [5, 5.41) is 28.3. The molecule has 1 aromatic rings. The van der Waals surface area contributed by atoms with Gasteiger partial charge in [0.05, 0.1) is 18.1 Å². The molecule has 1 aromatic carbocycles. The predicted octanol–water partition coefficient (Wildman–Crippen LogP) is 3.27. The first kappa shape index (κ1) is 125. The van der Waals surface area contributed by atoms with Crippen molar-refractivity contribution in [2.75, 3.05) is 48.1 Å². The maximum absolute atomic E-state index is 12.2. The van der Waals surface area contributed by atoms with Crippen LogP contribution in [0, 0.1) is 52.3 Å². The van der Waals surface area contributed by atoms with Crippen LogP contribution in [0.1, 0.15) is 197 Å². The molecule has 0 aromatic heterocycles. The van der Waals surface area contributed by atoms with Gasteiger partial charge in [0.1, 0.15) is 23.7 Å². The Morgan fingerprint density at radius 2 is 1.01 bits per heavy atom. The number of unbranched alkanes of at least 4 members (excludes halogenated alkanes) is 8. The summed E-state index contributed by atoms with van der Waals surface area (Å²) in [5.74, 6) is -1.01. The van der Waals surface area contributed by atoms with Gasteiger partial charge in [-0.3, -0.25) is 38.1 Å². The van der Waals surface area contributed by atoms with Gasteiger partial charge < -0.3 is 68.5 Å². The number of hydrogen-bond donors (Lipinski definition) is 9. The molecule has 108 heavy (non-hydrogen) atoms. The Morgan fingerprint density at radius 3 is 1.34 bits per heavy atom. The number of benzene rings is 1. The van der Waals surface area contributed by atoms with E-state index < -0.39 is 51.9 Å². The van der Waals surface area contributed by atoms with Gasteiger partial charge in [0.2, 0.25) is 17.6 Å². The number of rotatable bonds is 39. The molecule has 5 rings (SSSR count). The number of carboxylic acid groups (broad SMARTS) is 3. The monoisotopic (exact) mass is 1900 g/mol. The molecule has 0 radical (unpaired) electrons. The summed E-state index contributed by atoms with van der Waals surface area (Å²) in [6.07, 6.45) is 21.0. The summed E-state index contributed by atoms with van der Waals surface area (Å²) in [5.41, 5.74) is 17.7. The molecule has 0 spiro atoms. The number of thiol groups is 1. The van der Waals surface area contributed by atoms with E-state index in [1.54, 1.807) is 44.4 Å². The second-order valence-electron chi connectivity index (χ2n) is 27.3. The standard InChI is InChI=1S/C16H25ClO3.C16H25N2O4S.C14H21ClO3.C9H15ClO3.C7H8O3S.C6H11NO.C3H7NO2S.I2.3Na.3H2O/c1-4-20-15(19)12(8-6-5-7-9-17)10-14(18)13-11-16(13,2)3;1-16(2)8-12(16)14(20)18-11(9-19)6-4-3-5-7-23-10-13(17)15(21)22;1-14(2)9-11(14)12(16)8-10(13(17)18)6-4-3-5-7-15;1-2-13-9(12)8(11)6-4-3-5-7-10;1-6-2-4-7(5-3-6)11(8,9)10;1-6(2)3-4(6)5(7)8;4-2(1-7)3(5)6;1-2;;;;;;/h8,13H,4-7,9-11H2,1-3H3;6,12-13H,3-5,7-8,10,17H2,1-2H3,(H,18,20)(H,21,22);6,11H,3-5,7-9H2,1-2H3,(H,17,18);2-7H2,1H3;2-5H,1H3,(H,8,9,10);4H,3H2,1-2H3,(H2,7,8);2,7H,1,4H2,(H,5,6);;;;;3*1H2/q;-1;;;;;;;3*+1;;;/p-1/b12-8+;11-6-;10-6+;;;;;;;;;;;/t13-;12-,13+;11-;;;4-;2-;;;;;;;/m111..10......./s1. The molecular weight excluding hydrogens is 1790 g/mol. The molecule has 2 amide bonds. The number of nitrogens with two attached hydrogens (primary N) is 3. The van der Waals surface area contributed by atoms with Crippen LogP contribution in [0.2, 0.25) is 0 Å². The number of allylic oxidation sites excluding steroid dienone is 4. The van der Waals surface area contributed by atoms with Gasteiger partial charge in [0, 0.05) is 127 Å². The van der Waals surface area contributed by atoms with Crippen LogP contribution in [0.5, 0.6) is 0 Å². The fourth-order valence-electron chi connectivity index (χ4n) is 9.11. The quantitative estimate of drug-likeness (QED) is 0.00390. The SMILES string of the molecule is CC1(C)C[C@@H]1C(=O)C/C(=C\CCCCCl)C(=O)O.CC1(C)C[C@@H]1C(=O)N/C([C-]=O)=C\CCCCSC[C@H](N)C(=O)O.CC1(C)C[C@@H]1C(N)=O.CCOC(=O)/C(=C/CCCCCl)CC(=O)[C@H]1CC1(C)C.CCOC(=O)C(=O)CCCCCCl.Cc1ccc(S(=O)(=O)O)cc1.II.N[C@@H](CS)C(=O)O.[Na+].[Na+].[Na+].[OH-].[OH-].[OH3+]. The van der Waals surface area contributed by atoms with Crippen molar-refractivity contribution in [3.63, 3.8) is 0 Å². The largest absolute Gasteiger partial charge is 1.00 e. The number of halogens is 5. The van der Waals surface area contributed by atoms with E-state index in [1.807, 2.05) is 40.7 Å². The van der Waals surface area contributed by atoms with Gasteiger partial charge in [-0.1, -0.05) is 110 Å². The van der Waals surface area contributed by atoms with Gasteiger partial charge in [0.15, 0.2) is 0 Å². The number of esters is 2. The minimum atomic E-state index is -4.02. The number of ketones is 3. The fraction of sp³-hybridized carbons (Fsp3) is 0.676. The van der Waals surface area contributed by atoms with E-state index in [4.69, 9.17) is 76.6 Å². The first-order chi connectivity index (χ1) is 47.5. The molecule has 0 unspecified atom stereocenters. The van der Waals surface area contributed by atoms with Crippen molar-refractivity contribution in [2.24, 2.45) is 62.5 Å². The number of ether oxygens (including phenoxy) is 2. The third-order valence-corrected chi connectivity index (χ3v) is 19.7. The smallest absolute Gasteiger partial charge is 0.870 e. The number of aliphatic carboxylic acids is 3. The Bertz CT molecular complexity index is 3030. The minimum absolute atomic E-state index is 0. The molecule has 0 aliphatic heterocycles. The number of hydrogen-bond acceptors (Lipinski definition) is 21. The zero-order valence-electron chi connectivity index (χ0n) is 65.4. The van der Waals surface area contributed by atoms with Gasteiger partial charge in [-0.25, -0.2) is 20.5 Å². The molecule has 4 aliphatic rings. The normalized spacial score (nSPS) is 17.5. The number of amides is 2. The zero-order valence-corrected chi connectivity index (χ0v) is 80.5. The van der Waals surface area contributed by atoms with Crippen molar-refractivity contribution in [3.8, 4) is 0 Å². The number of carbonyl (C=O) groups excluding carboxylic acids is 8. The predicted molar refractivity (Wildman–Crippen MR) is 432 cm³/mol. The number of primary amides is 1. The maximum Gasteiger partial charge on any atom is 1.00 e. The van der Waals surface area contributed by atoms with Crippen LogP contribution < -0.4 is 111 Å². The third kappa shape index (κ3) is 60.6. The van der Waals surface area contributed by atoms with Gasteiger partial charge in [-0.15, -0.1) is 34.8 Å². The molecule has 6 atom stereocenters. The summed E-state index contributed by atoms with van der Waals surface area (Å²) in [7, 11) is -4.02. The number of carbonyl (C=O) groups is 10. The molecule has 4 fully saturated rings. The number of alkyl halides is 3. The number of aryl methyl sites for hydroxylation is 1. The Balaban J connectivity index is -0.000000154. The molecule has 0 saturated heterocycles. The van der Waals surface area contributed by atoms with Gasteiger partial charge in [-0.05, 0) is 144 Å². The van der Waals surface area contributed by atoms with Crippen molar-refractivity contribution in [1.29, 1.82) is 0 Å². The summed E-state index contributed by atoms with van der Waals surface area (Å²) >= 11 is 26.0. The van der Waals surface area contributed by atoms with Crippen LogP contribution in [-0.2, 0) is 77.8 Å². The summed E-state index contributed by atoms with van der Waals surface area (Å²) in [4.78, 5) is 122. The van der Waals surface area contributed by atoms with Crippen LogP contribution in [0.25, 0.3) is 0 Å². The first-order valence-electron chi connectivity index (χ1n) is 33.8. The summed E-state index contributed by atoms with van der Waals surface area (Å²) < 4.78 is 39.1. The Labute approximate surface area is 754 Å². The average Bonchev–Trinajstić information content (AvgIpc) is 1.64. The minimum Gasteiger partial charge on any atom is -0.870 e. The maximum atomic E-state index is 12.2. The van der Waals surface area contributed by atoms with Crippen LogP contribution in [0.4, 0.5) is 0 Å². The van der Waals surface area contributed by atoms with Crippen LogP contribution in [0.3, 0.4) is 0 Å². The van der Waals surface area contributed by atoms with E-state index in [1.165, 1.54) is 23.9 Å². The zero-order chi connectivity index (χ0) is 79.2. The summed E-state index contributed by atoms with van der Waals surface area (Å²) in [6, 6.07) is 4.35. The third-order valence-electron chi connectivity index (χ3n) is 16.4. The number of Topliss-reactive ketones (excluding diaryl/α,β-unsaturated/α-hetero) is 3. The summed E-state index contributed by atoms with van der Waals surface area (Å²) in [6.45, 7) is 22.3. The molecule has 4 saturated carbocycles. The molecule has 4 aliphatic carbocycles. The number of thioether (sulfide) groups is 1. The van der Waals surface area contributed by atoms with E-state index in [2.05, 4.69) is 87.6 Å². The molecule has 37 heteroatoms. The second kappa shape index (κ2) is 68.2. The average molecular weight is 1900 g/mol. The Hall–Kier alpha value is -0.850.